The van der Waals surface area contributed by atoms with Crippen molar-refractivity contribution in [2.75, 3.05) is 6.61 Å². The first-order chi connectivity index (χ1) is 17.4. The molecule has 202 valence electrons. The summed E-state index contributed by atoms with van der Waals surface area (Å²) in [6, 6.07) is 1.69. The lowest BCUT2D eigenvalue weighted by Gasteiger charge is -2.26. The number of aromatic amines is 1. The fourth-order valence-corrected chi connectivity index (χ4v) is 3.57. The Morgan fingerprint density at radius 1 is 1.00 bits per heavy atom. The molecule has 14 nitrogen and oxygen atoms in total. The molecule has 2 rings (SSSR count). The lowest BCUT2D eigenvalue weighted by molar-refractivity contribution is -0.143. The standard InChI is InChI=1S/C23H32N6O8/c1-11(31)19(29-20(33)14(24)8-12-9-26-15-5-3-2-4-13(12)15)22(35)27-16(6-7-18(25)32)21(34)28-17(10-30)23(36)37/h2-5,9,11,14,16-17,19,26,30-31H,6-8,10,24H2,1H3,(H2,25,32)(H,27,35)(H,28,34)(H,29,33)(H,36,37). The van der Waals surface area contributed by atoms with Crippen LogP contribution in [0.25, 0.3) is 10.9 Å². The van der Waals surface area contributed by atoms with E-state index in [4.69, 9.17) is 21.7 Å². The molecule has 1 heterocycles. The number of carboxylic acid groups (broad SMARTS) is 1. The van der Waals surface area contributed by atoms with E-state index in [9.17, 15) is 29.1 Å². The van der Waals surface area contributed by atoms with Crippen LogP contribution in [0.5, 0.6) is 0 Å². The Balaban J connectivity index is 2.10. The summed E-state index contributed by atoms with van der Waals surface area (Å²) in [5.41, 5.74) is 12.8. The number of H-pyrrole nitrogens is 1. The van der Waals surface area contributed by atoms with Crippen molar-refractivity contribution < 1.29 is 39.3 Å². The van der Waals surface area contributed by atoms with Crippen LogP contribution in [0.1, 0.15) is 25.3 Å². The van der Waals surface area contributed by atoms with E-state index in [-0.39, 0.29) is 19.3 Å². The molecular formula is C23H32N6O8. The number of carbonyl (C=O) groups is 5. The average molecular weight is 521 g/mol. The Morgan fingerprint density at radius 2 is 1.65 bits per heavy atom. The number of primary amides is 1. The maximum absolute atomic E-state index is 12.9. The number of aliphatic hydroxyl groups is 2. The molecule has 5 unspecified atom stereocenters. The zero-order chi connectivity index (χ0) is 27.7. The summed E-state index contributed by atoms with van der Waals surface area (Å²) in [7, 11) is 0. The summed E-state index contributed by atoms with van der Waals surface area (Å²) in [5, 5.41) is 35.9. The van der Waals surface area contributed by atoms with Gasteiger partial charge >= 0.3 is 5.97 Å². The third-order valence-electron chi connectivity index (χ3n) is 5.62. The number of hydrogen-bond acceptors (Lipinski definition) is 8. The maximum atomic E-state index is 12.9. The van der Waals surface area contributed by atoms with Gasteiger partial charge in [-0.15, -0.1) is 0 Å². The molecule has 0 spiro atoms. The van der Waals surface area contributed by atoms with Crippen molar-refractivity contribution in [1.29, 1.82) is 0 Å². The zero-order valence-corrected chi connectivity index (χ0v) is 20.1. The second-order valence-electron chi connectivity index (χ2n) is 8.55. The number of nitrogens with one attached hydrogen (secondary N) is 4. The fraction of sp³-hybridized carbons (Fsp3) is 0.435. The molecule has 5 atom stereocenters. The van der Waals surface area contributed by atoms with Gasteiger partial charge in [-0.3, -0.25) is 19.2 Å². The van der Waals surface area contributed by atoms with Crippen LogP contribution in [0.15, 0.2) is 30.5 Å². The lowest BCUT2D eigenvalue weighted by atomic mass is 10.0. The summed E-state index contributed by atoms with van der Waals surface area (Å²) < 4.78 is 0. The van der Waals surface area contributed by atoms with Crippen molar-refractivity contribution in [1.82, 2.24) is 20.9 Å². The van der Waals surface area contributed by atoms with E-state index < -0.39 is 66.5 Å². The van der Waals surface area contributed by atoms with E-state index >= 15 is 0 Å². The van der Waals surface area contributed by atoms with Crippen LogP contribution in [0.4, 0.5) is 0 Å². The lowest BCUT2D eigenvalue weighted by Crippen LogP contribution is -2.60. The normalized spacial score (nSPS) is 15.1. The van der Waals surface area contributed by atoms with E-state index in [0.29, 0.717) is 0 Å². The number of rotatable bonds is 14. The van der Waals surface area contributed by atoms with Crippen molar-refractivity contribution in [2.45, 2.75) is 56.5 Å². The van der Waals surface area contributed by atoms with E-state index in [0.717, 1.165) is 16.5 Å². The first-order valence-electron chi connectivity index (χ1n) is 11.5. The van der Waals surface area contributed by atoms with Crippen LogP contribution >= 0.6 is 0 Å². The SMILES string of the molecule is CC(O)C(NC(=O)C(N)Cc1c[nH]c2ccccc12)C(=O)NC(CCC(N)=O)C(=O)NC(CO)C(=O)O. The summed E-state index contributed by atoms with van der Waals surface area (Å²) in [6.45, 7) is 0.318. The molecule has 2 aromatic rings. The second kappa shape index (κ2) is 13.3. The highest BCUT2D eigenvalue weighted by molar-refractivity contribution is 5.95. The van der Waals surface area contributed by atoms with Gasteiger partial charge in [-0.1, -0.05) is 18.2 Å². The molecule has 0 bridgehead atoms. The molecule has 0 saturated carbocycles. The van der Waals surface area contributed by atoms with Gasteiger partial charge in [0.1, 0.15) is 18.1 Å². The van der Waals surface area contributed by atoms with Crippen LogP contribution in [0.2, 0.25) is 0 Å². The number of amides is 4. The average Bonchev–Trinajstić information content (AvgIpc) is 3.25. The molecule has 14 heteroatoms. The van der Waals surface area contributed by atoms with Gasteiger partial charge in [-0.05, 0) is 31.4 Å². The number of aromatic nitrogens is 1. The maximum Gasteiger partial charge on any atom is 0.328 e. The van der Waals surface area contributed by atoms with Crippen LogP contribution in [-0.4, -0.2) is 86.8 Å². The largest absolute Gasteiger partial charge is 0.480 e. The number of aliphatic hydroxyl groups excluding tert-OH is 2. The Labute approximate surface area is 211 Å². The van der Waals surface area contributed by atoms with Crippen molar-refractivity contribution >= 4 is 40.5 Å². The van der Waals surface area contributed by atoms with Gasteiger partial charge in [0.15, 0.2) is 0 Å². The zero-order valence-electron chi connectivity index (χ0n) is 20.1. The molecule has 11 N–H and O–H groups in total. The minimum absolute atomic E-state index is 0.130. The number of aliphatic carboxylic acids is 1. The van der Waals surface area contributed by atoms with Gasteiger partial charge in [-0.25, -0.2) is 4.79 Å². The van der Waals surface area contributed by atoms with Crippen LogP contribution in [-0.2, 0) is 30.4 Å². The van der Waals surface area contributed by atoms with Crippen LogP contribution in [0.3, 0.4) is 0 Å². The summed E-state index contributed by atoms with van der Waals surface area (Å²) in [6.07, 6.45) is -0.198. The second-order valence-corrected chi connectivity index (χ2v) is 8.55. The Kier molecular flexibility index (Phi) is 10.5. The summed E-state index contributed by atoms with van der Waals surface area (Å²) >= 11 is 0. The highest BCUT2D eigenvalue weighted by Crippen LogP contribution is 2.18. The predicted molar refractivity (Wildman–Crippen MR) is 131 cm³/mol. The number of carbonyl (C=O) groups excluding carboxylic acids is 4. The summed E-state index contributed by atoms with van der Waals surface area (Å²) in [4.78, 5) is 63.6. The van der Waals surface area contributed by atoms with E-state index in [2.05, 4.69) is 15.6 Å². The highest BCUT2D eigenvalue weighted by Gasteiger charge is 2.32. The summed E-state index contributed by atoms with van der Waals surface area (Å²) in [5.74, 6) is -5.04. The number of fused-ring (bicyclic) bond motifs is 1. The molecule has 1 aromatic carbocycles. The van der Waals surface area contributed by atoms with Gasteiger partial charge < -0.3 is 47.7 Å². The predicted octanol–water partition coefficient (Wildman–Crippen LogP) is -2.78. The number of nitrogens with two attached hydrogens (primary N) is 2. The first-order valence-corrected chi connectivity index (χ1v) is 11.5. The van der Waals surface area contributed by atoms with Gasteiger partial charge in [0, 0.05) is 23.5 Å². The molecule has 0 aliphatic carbocycles. The van der Waals surface area contributed by atoms with Crippen molar-refractivity contribution in [3.05, 3.63) is 36.0 Å². The topological polar surface area (TPSA) is 250 Å². The van der Waals surface area contributed by atoms with E-state index in [1.165, 1.54) is 6.92 Å². The van der Waals surface area contributed by atoms with Gasteiger partial charge in [0.2, 0.25) is 23.6 Å². The molecule has 37 heavy (non-hydrogen) atoms. The number of benzene rings is 1. The van der Waals surface area contributed by atoms with Gasteiger partial charge in [0.25, 0.3) is 0 Å². The van der Waals surface area contributed by atoms with Crippen LogP contribution in [0, 0.1) is 0 Å². The molecule has 4 amide bonds. The first kappa shape index (κ1) is 29.2. The van der Waals surface area contributed by atoms with Gasteiger partial charge in [-0.2, -0.15) is 0 Å². The van der Waals surface area contributed by atoms with Gasteiger partial charge in [0.05, 0.1) is 18.8 Å². The number of para-hydroxylation sites is 1. The molecule has 0 fully saturated rings. The van der Waals surface area contributed by atoms with Crippen molar-refractivity contribution in [3.63, 3.8) is 0 Å². The van der Waals surface area contributed by atoms with E-state index in [1.54, 1.807) is 6.20 Å². The molecule has 0 aliphatic heterocycles. The molecule has 0 aliphatic rings. The molecule has 0 radical (unpaired) electrons. The number of carboxylic acids is 1. The minimum atomic E-state index is -1.66. The highest BCUT2D eigenvalue weighted by atomic mass is 16.4. The molecule has 0 saturated heterocycles. The van der Waals surface area contributed by atoms with Crippen molar-refractivity contribution in [3.8, 4) is 0 Å². The smallest absolute Gasteiger partial charge is 0.328 e. The monoisotopic (exact) mass is 520 g/mol. The van der Waals surface area contributed by atoms with Crippen molar-refractivity contribution in [2.24, 2.45) is 11.5 Å². The minimum Gasteiger partial charge on any atom is -0.480 e. The van der Waals surface area contributed by atoms with Crippen LogP contribution < -0.4 is 27.4 Å². The third-order valence-corrected chi connectivity index (χ3v) is 5.62. The Bertz CT molecular complexity index is 1130. The van der Waals surface area contributed by atoms with E-state index in [1.807, 2.05) is 29.6 Å². The molecule has 1 aromatic heterocycles. The molecular weight excluding hydrogens is 488 g/mol. The Morgan fingerprint density at radius 3 is 2.24 bits per heavy atom. The number of hydrogen-bond donors (Lipinski definition) is 9. The quantitative estimate of drug-likeness (QED) is 0.125. The fourth-order valence-electron chi connectivity index (χ4n) is 3.57. The Hall–Kier alpha value is -4.01. The third kappa shape index (κ3) is 8.27.